The molecule has 1 aliphatic rings. The Morgan fingerprint density at radius 1 is 1.39 bits per heavy atom. The van der Waals surface area contributed by atoms with E-state index in [-0.39, 0.29) is 28.9 Å². The topological polar surface area (TPSA) is 113 Å². The van der Waals surface area contributed by atoms with Crippen molar-refractivity contribution < 1.29 is 18.4 Å². The highest BCUT2D eigenvalue weighted by Crippen LogP contribution is 2.30. The molecule has 0 aliphatic carbocycles. The molecule has 0 saturated carbocycles. The van der Waals surface area contributed by atoms with Crippen LogP contribution in [0, 0.1) is 10.1 Å². The Bertz CT molecular complexity index is 667. The van der Waals surface area contributed by atoms with Crippen LogP contribution in [0.1, 0.15) is 26.2 Å². The largest absolute Gasteiger partial charge is 0.394 e. The first-order valence-electron chi connectivity index (χ1n) is 7.56. The van der Waals surface area contributed by atoms with E-state index in [1.54, 1.807) is 0 Å². The quantitative estimate of drug-likeness (QED) is 0.574. The molecular formula is C14H21N3O5S. The van der Waals surface area contributed by atoms with Crippen LogP contribution in [0.25, 0.3) is 0 Å². The number of aliphatic hydroxyl groups is 1. The van der Waals surface area contributed by atoms with Crippen molar-refractivity contribution in [2.75, 3.05) is 25.0 Å². The lowest BCUT2D eigenvalue weighted by molar-refractivity contribution is -0.384. The number of nitro benzene ring substituents is 1. The highest BCUT2D eigenvalue weighted by molar-refractivity contribution is 7.89. The highest BCUT2D eigenvalue weighted by atomic mass is 32.2. The number of nitro groups is 1. The molecule has 23 heavy (non-hydrogen) atoms. The van der Waals surface area contributed by atoms with Gasteiger partial charge in [-0.2, -0.15) is 4.31 Å². The zero-order valence-corrected chi connectivity index (χ0v) is 13.8. The molecule has 128 valence electrons. The molecule has 1 aliphatic heterocycles. The normalized spacial score (nSPS) is 17.1. The van der Waals surface area contributed by atoms with Crippen LogP contribution in [0.3, 0.4) is 0 Å². The third-order valence-corrected chi connectivity index (χ3v) is 5.84. The Morgan fingerprint density at radius 3 is 2.57 bits per heavy atom. The van der Waals surface area contributed by atoms with Crippen LogP contribution in [0.15, 0.2) is 23.1 Å². The van der Waals surface area contributed by atoms with E-state index in [0.29, 0.717) is 19.5 Å². The van der Waals surface area contributed by atoms with Crippen LogP contribution in [-0.4, -0.2) is 48.5 Å². The molecule has 0 spiro atoms. The number of benzene rings is 1. The fraction of sp³-hybridized carbons (Fsp3) is 0.571. The van der Waals surface area contributed by atoms with Gasteiger partial charge in [0.15, 0.2) is 0 Å². The monoisotopic (exact) mass is 343 g/mol. The molecule has 8 nitrogen and oxygen atoms in total. The first kappa shape index (κ1) is 17.6. The van der Waals surface area contributed by atoms with Gasteiger partial charge in [0.25, 0.3) is 5.69 Å². The number of aliphatic hydroxyl groups excluding tert-OH is 1. The molecule has 1 aromatic carbocycles. The summed E-state index contributed by atoms with van der Waals surface area (Å²) < 4.78 is 26.3. The molecule has 0 amide bonds. The Hall–Kier alpha value is -1.71. The maximum absolute atomic E-state index is 12.5. The number of nitrogens with one attached hydrogen (secondary N) is 1. The van der Waals surface area contributed by atoms with Gasteiger partial charge in [0, 0.05) is 25.2 Å². The van der Waals surface area contributed by atoms with Gasteiger partial charge in [-0.15, -0.1) is 0 Å². The molecule has 1 atom stereocenters. The van der Waals surface area contributed by atoms with Crippen molar-refractivity contribution in [3.63, 3.8) is 0 Å². The number of nitrogens with zero attached hydrogens (tertiary/aromatic N) is 2. The summed E-state index contributed by atoms with van der Waals surface area (Å²) in [7, 11) is -3.70. The lowest BCUT2D eigenvalue weighted by Gasteiger charge is -2.18. The van der Waals surface area contributed by atoms with Crippen LogP contribution in [0.4, 0.5) is 11.4 Å². The lowest BCUT2D eigenvalue weighted by Crippen LogP contribution is -2.28. The van der Waals surface area contributed by atoms with Crippen molar-refractivity contribution in [3.8, 4) is 0 Å². The summed E-state index contributed by atoms with van der Waals surface area (Å²) >= 11 is 0. The van der Waals surface area contributed by atoms with E-state index < -0.39 is 14.9 Å². The molecule has 2 N–H and O–H groups in total. The first-order chi connectivity index (χ1) is 10.9. The van der Waals surface area contributed by atoms with E-state index in [4.69, 9.17) is 0 Å². The van der Waals surface area contributed by atoms with Crippen molar-refractivity contribution in [2.24, 2.45) is 0 Å². The first-order valence-corrected chi connectivity index (χ1v) is 9.00. The van der Waals surface area contributed by atoms with Crippen molar-refractivity contribution in [1.82, 2.24) is 4.31 Å². The molecule has 1 saturated heterocycles. The summed E-state index contributed by atoms with van der Waals surface area (Å²) in [5.74, 6) is 0. The third kappa shape index (κ3) is 3.80. The summed E-state index contributed by atoms with van der Waals surface area (Å²) in [6.07, 6.45) is 2.19. The highest BCUT2D eigenvalue weighted by Gasteiger charge is 2.29. The van der Waals surface area contributed by atoms with Gasteiger partial charge < -0.3 is 10.4 Å². The minimum Gasteiger partial charge on any atom is -0.394 e. The van der Waals surface area contributed by atoms with E-state index in [1.165, 1.54) is 16.4 Å². The third-order valence-electron chi connectivity index (χ3n) is 3.94. The lowest BCUT2D eigenvalue weighted by atomic mass is 10.2. The van der Waals surface area contributed by atoms with E-state index in [9.17, 15) is 23.6 Å². The van der Waals surface area contributed by atoms with Gasteiger partial charge in [0.2, 0.25) is 10.0 Å². The molecule has 9 heteroatoms. The Kier molecular flexibility index (Phi) is 5.55. The van der Waals surface area contributed by atoms with E-state index >= 15 is 0 Å². The summed E-state index contributed by atoms with van der Waals surface area (Å²) in [4.78, 5) is 10.6. The molecule has 1 fully saturated rings. The number of hydrogen-bond acceptors (Lipinski definition) is 6. The van der Waals surface area contributed by atoms with Gasteiger partial charge in [0.05, 0.1) is 16.4 Å². The Labute approximate surface area is 135 Å². The van der Waals surface area contributed by atoms with Crippen molar-refractivity contribution in [1.29, 1.82) is 0 Å². The Balaban J connectivity index is 2.37. The molecule has 0 aromatic heterocycles. The van der Waals surface area contributed by atoms with Gasteiger partial charge in [0.1, 0.15) is 5.69 Å². The van der Waals surface area contributed by atoms with Gasteiger partial charge in [-0.05, 0) is 31.4 Å². The summed E-state index contributed by atoms with van der Waals surface area (Å²) in [5, 5.41) is 23.4. The predicted octanol–water partition coefficient (Wildman–Crippen LogP) is 1.56. The van der Waals surface area contributed by atoms with E-state index in [1.807, 2.05) is 6.92 Å². The van der Waals surface area contributed by atoms with E-state index in [0.717, 1.165) is 18.9 Å². The average molecular weight is 343 g/mol. The standard InChI is InChI=1S/C14H21N3O5S/c1-2-11(10-18)15-13-6-5-12(9-14(13)17(19)20)23(21,22)16-7-3-4-8-16/h5-6,9,11,15,18H,2-4,7-8,10H2,1H3/t11-/m0/s1. The van der Waals surface area contributed by atoms with Crippen molar-refractivity contribution in [2.45, 2.75) is 37.1 Å². The van der Waals surface area contributed by atoms with Crippen LogP contribution in [0.5, 0.6) is 0 Å². The van der Waals surface area contributed by atoms with Crippen LogP contribution < -0.4 is 5.32 Å². The number of anilines is 1. The van der Waals surface area contributed by atoms with Crippen molar-refractivity contribution >= 4 is 21.4 Å². The second-order valence-corrected chi connectivity index (χ2v) is 7.42. The SMILES string of the molecule is CC[C@@H](CO)Nc1ccc(S(=O)(=O)N2CCCC2)cc1[N+](=O)[O-]. The second-order valence-electron chi connectivity index (χ2n) is 5.48. The summed E-state index contributed by atoms with van der Waals surface area (Å²) in [5.41, 5.74) is -0.103. The fourth-order valence-electron chi connectivity index (χ4n) is 2.52. The van der Waals surface area contributed by atoms with Crippen LogP contribution in [-0.2, 0) is 10.0 Å². The van der Waals surface area contributed by atoms with Crippen LogP contribution in [0.2, 0.25) is 0 Å². The average Bonchev–Trinajstić information content (AvgIpc) is 3.07. The fourth-order valence-corrected chi connectivity index (χ4v) is 4.06. The Morgan fingerprint density at radius 2 is 2.04 bits per heavy atom. The number of hydrogen-bond donors (Lipinski definition) is 2. The molecule has 1 aromatic rings. The second kappa shape index (κ2) is 7.24. The summed E-state index contributed by atoms with van der Waals surface area (Å²) in [6, 6.07) is 3.52. The smallest absolute Gasteiger partial charge is 0.293 e. The number of rotatable bonds is 7. The van der Waals surface area contributed by atoms with Gasteiger partial charge in [-0.1, -0.05) is 6.92 Å². The molecule has 0 unspecified atom stereocenters. The molecule has 0 bridgehead atoms. The molecular weight excluding hydrogens is 322 g/mol. The van der Waals surface area contributed by atoms with Gasteiger partial charge >= 0.3 is 0 Å². The minimum absolute atomic E-state index is 0.0753. The minimum atomic E-state index is -3.70. The van der Waals surface area contributed by atoms with Gasteiger partial charge in [-0.3, -0.25) is 10.1 Å². The van der Waals surface area contributed by atoms with Crippen LogP contribution >= 0.6 is 0 Å². The summed E-state index contributed by atoms with van der Waals surface area (Å²) in [6.45, 7) is 2.56. The molecule has 2 rings (SSSR count). The van der Waals surface area contributed by atoms with E-state index in [2.05, 4.69) is 5.32 Å². The van der Waals surface area contributed by atoms with Crippen molar-refractivity contribution in [3.05, 3.63) is 28.3 Å². The zero-order valence-electron chi connectivity index (χ0n) is 12.9. The zero-order chi connectivity index (χ0) is 17.0. The molecule has 1 heterocycles. The maximum atomic E-state index is 12.5. The number of sulfonamides is 1. The van der Waals surface area contributed by atoms with Gasteiger partial charge in [-0.25, -0.2) is 8.42 Å². The maximum Gasteiger partial charge on any atom is 0.293 e. The predicted molar refractivity (Wildman–Crippen MR) is 85.9 cm³/mol. The molecule has 0 radical (unpaired) electrons.